The molecule has 0 bridgehead atoms. The van der Waals surface area contributed by atoms with Crippen LogP contribution in [0.1, 0.15) is 35.6 Å². The highest BCUT2D eigenvalue weighted by Gasteiger charge is 2.30. The van der Waals surface area contributed by atoms with Crippen LogP contribution in [0.4, 0.5) is 8.78 Å². The summed E-state index contributed by atoms with van der Waals surface area (Å²) in [6, 6.07) is 17.0. The average Bonchev–Trinajstić information content (AvgIpc) is 3.21. The van der Waals surface area contributed by atoms with Crippen molar-refractivity contribution in [2.24, 2.45) is 0 Å². The molecule has 0 spiro atoms. The van der Waals surface area contributed by atoms with E-state index in [9.17, 15) is 18.4 Å². The molecule has 0 radical (unpaired) electrons. The van der Waals surface area contributed by atoms with Crippen molar-refractivity contribution in [2.75, 3.05) is 0 Å². The Morgan fingerprint density at radius 2 is 1.79 bits per heavy atom. The molecule has 0 aliphatic rings. The zero-order valence-corrected chi connectivity index (χ0v) is 18.6. The number of hydrogen-bond acceptors (Lipinski definition) is 5. The number of carbonyl (C=O) groups excluding carboxylic acids is 2. The number of halogens is 2. The Labute approximate surface area is 194 Å². The maximum absolute atomic E-state index is 14.4. The number of aromatic nitrogens is 1. The van der Waals surface area contributed by atoms with Crippen LogP contribution in [0.3, 0.4) is 0 Å². The first-order chi connectivity index (χ1) is 16.3. The van der Waals surface area contributed by atoms with E-state index in [1.807, 2.05) is 19.1 Å². The van der Waals surface area contributed by atoms with E-state index in [0.29, 0.717) is 16.7 Å². The second kappa shape index (κ2) is 9.82. The summed E-state index contributed by atoms with van der Waals surface area (Å²) in [6.45, 7) is 2.68. The number of amides is 1. The van der Waals surface area contributed by atoms with E-state index >= 15 is 0 Å². The van der Waals surface area contributed by atoms with E-state index in [1.165, 1.54) is 11.8 Å². The van der Waals surface area contributed by atoms with E-state index in [2.05, 4.69) is 4.98 Å². The molecule has 0 saturated carbocycles. The van der Waals surface area contributed by atoms with Gasteiger partial charge >= 0.3 is 5.97 Å². The number of oxazole rings is 1. The number of benzene rings is 3. The Hall–Kier alpha value is -4.07. The molecule has 0 aliphatic heterocycles. The lowest BCUT2D eigenvalue weighted by Crippen LogP contribution is -2.36. The summed E-state index contributed by atoms with van der Waals surface area (Å²) in [5, 5.41) is 0. The molecule has 4 aromatic rings. The molecule has 174 valence electrons. The predicted molar refractivity (Wildman–Crippen MR) is 120 cm³/mol. The molecule has 1 unspecified atom stereocenters. The SMILES string of the molecule is CC(=O)OC(C(=O)N(Cc1nc2cc(C)ccc2o1)Cc1cc(F)ccc1F)c1ccccc1. The number of hydrogen-bond donors (Lipinski definition) is 0. The number of rotatable bonds is 7. The Morgan fingerprint density at radius 1 is 1.03 bits per heavy atom. The maximum Gasteiger partial charge on any atom is 0.303 e. The van der Waals surface area contributed by atoms with Gasteiger partial charge in [-0.25, -0.2) is 13.8 Å². The van der Waals surface area contributed by atoms with Crippen molar-refractivity contribution in [3.05, 3.63) is 101 Å². The lowest BCUT2D eigenvalue weighted by molar-refractivity contribution is -0.160. The van der Waals surface area contributed by atoms with E-state index in [0.717, 1.165) is 23.8 Å². The van der Waals surface area contributed by atoms with Crippen LogP contribution in [0, 0.1) is 18.6 Å². The molecule has 0 saturated heterocycles. The molecule has 4 rings (SSSR count). The van der Waals surface area contributed by atoms with Crippen LogP contribution in [0.5, 0.6) is 0 Å². The third kappa shape index (κ3) is 5.28. The van der Waals surface area contributed by atoms with Gasteiger partial charge in [0.05, 0.1) is 6.54 Å². The van der Waals surface area contributed by atoms with Crippen molar-refractivity contribution in [2.45, 2.75) is 33.0 Å². The minimum Gasteiger partial charge on any atom is -0.447 e. The molecule has 6 nitrogen and oxygen atoms in total. The lowest BCUT2D eigenvalue weighted by Gasteiger charge is -2.26. The standard InChI is InChI=1S/C26H22F2N2O4/c1-16-8-11-23-22(12-16)29-24(34-23)15-30(14-19-13-20(27)9-10-21(19)28)26(32)25(33-17(2)31)18-6-4-3-5-7-18/h3-13,25H,14-15H2,1-2H3. The van der Waals surface area contributed by atoms with Gasteiger partial charge in [0.1, 0.15) is 17.2 Å². The van der Waals surface area contributed by atoms with Gasteiger partial charge in [-0.05, 0) is 42.8 Å². The summed E-state index contributed by atoms with van der Waals surface area (Å²) in [5.74, 6) is -2.38. The van der Waals surface area contributed by atoms with Crippen molar-refractivity contribution in [1.29, 1.82) is 0 Å². The summed E-state index contributed by atoms with van der Waals surface area (Å²) in [4.78, 5) is 31.1. The number of esters is 1. The molecular formula is C26H22F2N2O4. The highest BCUT2D eigenvalue weighted by molar-refractivity contribution is 5.85. The first-order valence-corrected chi connectivity index (χ1v) is 10.6. The second-order valence-electron chi connectivity index (χ2n) is 7.91. The summed E-state index contributed by atoms with van der Waals surface area (Å²) in [6.07, 6.45) is -1.28. The zero-order valence-electron chi connectivity index (χ0n) is 18.6. The smallest absolute Gasteiger partial charge is 0.303 e. The van der Waals surface area contributed by atoms with Crippen molar-refractivity contribution in [3.8, 4) is 0 Å². The molecule has 8 heteroatoms. The van der Waals surface area contributed by atoms with Gasteiger partial charge < -0.3 is 14.1 Å². The summed E-state index contributed by atoms with van der Waals surface area (Å²) in [7, 11) is 0. The molecule has 0 N–H and O–H groups in total. The zero-order chi connectivity index (χ0) is 24.2. The van der Waals surface area contributed by atoms with E-state index < -0.39 is 29.6 Å². The molecule has 34 heavy (non-hydrogen) atoms. The minimum atomic E-state index is -1.28. The Balaban J connectivity index is 1.72. The molecule has 3 aromatic carbocycles. The highest BCUT2D eigenvalue weighted by atomic mass is 19.1. The van der Waals surface area contributed by atoms with E-state index in [1.54, 1.807) is 36.4 Å². The number of aryl methyl sites for hydroxylation is 1. The van der Waals surface area contributed by atoms with Gasteiger partial charge in [-0.2, -0.15) is 0 Å². The second-order valence-corrected chi connectivity index (χ2v) is 7.91. The van der Waals surface area contributed by atoms with Crippen LogP contribution in [0.15, 0.2) is 71.1 Å². The molecule has 1 aromatic heterocycles. The fraction of sp³-hybridized carbons (Fsp3) is 0.192. The van der Waals surface area contributed by atoms with Gasteiger partial charge in [0.15, 0.2) is 5.58 Å². The Bertz CT molecular complexity index is 1340. The van der Waals surface area contributed by atoms with Crippen LogP contribution in [0.25, 0.3) is 11.1 Å². The van der Waals surface area contributed by atoms with Crippen LogP contribution in [-0.4, -0.2) is 21.8 Å². The Morgan fingerprint density at radius 3 is 2.53 bits per heavy atom. The van der Waals surface area contributed by atoms with Gasteiger partial charge in [0.25, 0.3) is 5.91 Å². The molecule has 0 fully saturated rings. The van der Waals surface area contributed by atoms with Gasteiger partial charge in [-0.3, -0.25) is 9.59 Å². The van der Waals surface area contributed by atoms with Gasteiger partial charge in [0, 0.05) is 24.6 Å². The predicted octanol–water partition coefficient (Wildman–Crippen LogP) is 5.25. The number of fused-ring (bicyclic) bond motifs is 1. The normalized spacial score (nSPS) is 11.9. The molecule has 1 heterocycles. The number of nitrogens with zero attached hydrogens (tertiary/aromatic N) is 2. The molecular weight excluding hydrogens is 442 g/mol. The molecule has 0 aliphatic carbocycles. The van der Waals surface area contributed by atoms with Gasteiger partial charge in [-0.1, -0.05) is 36.4 Å². The number of ether oxygens (including phenoxy) is 1. The topological polar surface area (TPSA) is 72.6 Å². The van der Waals surface area contributed by atoms with Gasteiger partial charge in [-0.15, -0.1) is 0 Å². The minimum absolute atomic E-state index is 0.0325. The molecule has 1 amide bonds. The maximum atomic E-state index is 14.4. The van der Waals surface area contributed by atoms with Crippen LogP contribution < -0.4 is 0 Å². The van der Waals surface area contributed by atoms with E-state index in [4.69, 9.17) is 9.15 Å². The fourth-order valence-corrected chi connectivity index (χ4v) is 3.62. The van der Waals surface area contributed by atoms with E-state index in [-0.39, 0.29) is 24.5 Å². The van der Waals surface area contributed by atoms with Crippen molar-refractivity contribution in [1.82, 2.24) is 9.88 Å². The summed E-state index contributed by atoms with van der Waals surface area (Å²) < 4.78 is 39.4. The summed E-state index contributed by atoms with van der Waals surface area (Å²) >= 11 is 0. The van der Waals surface area contributed by atoms with Crippen LogP contribution in [-0.2, 0) is 27.4 Å². The van der Waals surface area contributed by atoms with Crippen molar-refractivity contribution in [3.63, 3.8) is 0 Å². The quantitative estimate of drug-likeness (QED) is 0.350. The third-order valence-electron chi connectivity index (χ3n) is 5.20. The van der Waals surface area contributed by atoms with Crippen LogP contribution >= 0.6 is 0 Å². The van der Waals surface area contributed by atoms with Gasteiger partial charge in [0.2, 0.25) is 12.0 Å². The fourth-order valence-electron chi connectivity index (χ4n) is 3.62. The number of carbonyl (C=O) groups is 2. The first-order valence-electron chi connectivity index (χ1n) is 10.6. The summed E-state index contributed by atoms with van der Waals surface area (Å²) in [5.41, 5.74) is 2.54. The monoisotopic (exact) mass is 464 g/mol. The third-order valence-corrected chi connectivity index (χ3v) is 5.20. The Kier molecular flexibility index (Phi) is 6.67. The van der Waals surface area contributed by atoms with Crippen molar-refractivity contribution >= 4 is 23.0 Å². The van der Waals surface area contributed by atoms with Crippen molar-refractivity contribution < 1.29 is 27.5 Å². The highest BCUT2D eigenvalue weighted by Crippen LogP contribution is 2.25. The largest absolute Gasteiger partial charge is 0.447 e. The first kappa shape index (κ1) is 23.1. The lowest BCUT2D eigenvalue weighted by atomic mass is 10.1. The average molecular weight is 464 g/mol. The molecule has 1 atom stereocenters. The van der Waals surface area contributed by atoms with Crippen LogP contribution in [0.2, 0.25) is 0 Å².